The van der Waals surface area contributed by atoms with Crippen LogP contribution in [0.1, 0.15) is 24.9 Å². The number of aromatic nitrogens is 1. The van der Waals surface area contributed by atoms with Crippen LogP contribution in [0.25, 0.3) is 0 Å². The van der Waals surface area contributed by atoms with Crippen molar-refractivity contribution in [1.29, 1.82) is 0 Å². The Balaban J connectivity index is 1.52. The van der Waals surface area contributed by atoms with E-state index in [0.717, 1.165) is 51.5 Å². The van der Waals surface area contributed by atoms with E-state index in [1.807, 2.05) is 19.1 Å². The van der Waals surface area contributed by atoms with Crippen LogP contribution in [-0.4, -0.2) is 68.0 Å². The molecule has 0 aliphatic carbocycles. The summed E-state index contributed by atoms with van der Waals surface area (Å²) in [4.78, 5) is 18.7. The Hall–Kier alpha value is -1.70. The topological polar surface area (TPSA) is 75.7 Å². The first-order valence-corrected chi connectivity index (χ1v) is 9.08. The molecule has 0 unspecified atom stereocenters. The number of rotatable bonds is 6. The lowest BCUT2D eigenvalue weighted by molar-refractivity contribution is 0.00211. The van der Waals surface area contributed by atoms with Crippen LogP contribution in [0.5, 0.6) is 0 Å². The molecule has 7 nitrogen and oxygen atoms in total. The van der Waals surface area contributed by atoms with Crippen LogP contribution in [0.3, 0.4) is 0 Å². The number of carbonyl (C=O) groups is 1. The highest BCUT2D eigenvalue weighted by molar-refractivity contribution is 5.74. The number of pyridine rings is 1. The van der Waals surface area contributed by atoms with Crippen LogP contribution in [0, 0.1) is 5.92 Å². The van der Waals surface area contributed by atoms with Gasteiger partial charge in [-0.3, -0.25) is 9.88 Å². The molecule has 0 spiro atoms. The molecule has 2 fully saturated rings. The number of nitrogens with zero attached hydrogens (tertiary/aromatic N) is 2. The van der Waals surface area contributed by atoms with E-state index >= 15 is 0 Å². The van der Waals surface area contributed by atoms with Gasteiger partial charge >= 0.3 is 6.03 Å². The number of nitrogens with one attached hydrogen (secondary N) is 2. The van der Waals surface area contributed by atoms with Gasteiger partial charge in [-0.15, -0.1) is 0 Å². The molecular weight excluding hydrogens is 320 g/mol. The SMILES string of the molecule is C[C@H](NC(=O)NC[C@H]([C@H]1CCOC1)N1CCOCC1)c1ccncc1. The van der Waals surface area contributed by atoms with Crippen LogP contribution in [0.15, 0.2) is 24.5 Å². The van der Waals surface area contributed by atoms with E-state index in [4.69, 9.17) is 9.47 Å². The summed E-state index contributed by atoms with van der Waals surface area (Å²) in [5.41, 5.74) is 1.04. The smallest absolute Gasteiger partial charge is 0.315 e. The fourth-order valence-corrected chi connectivity index (χ4v) is 3.54. The molecule has 2 amide bonds. The van der Waals surface area contributed by atoms with Crippen molar-refractivity contribution in [3.63, 3.8) is 0 Å². The van der Waals surface area contributed by atoms with Gasteiger partial charge in [0.25, 0.3) is 0 Å². The molecular formula is C18H28N4O3. The lowest BCUT2D eigenvalue weighted by atomic mass is 9.97. The third-order valence-corrected chi connectivity index (χ3v) is 5.05. The first-order valence-electron chi connectivity index (χ1n) is 9.08. The first kappa shape index (κ1) is 18.1. The van der Waals surface area contributed by atoms with E-state index < -0.39 is 0 Å². The molecule has 3 rings (SSSR count). The summed E-state index contributed by atoms with van der Waals surface area (Å²) in [7, 11) is 0. The molecule has 2 aliphatic rings. The second-order valence-electron chi connectivity index (χ2n) is 6.70. The van der Waals surface area contributed by atoms with Gasteiger partial charge in [0.15, 0.2) is 0 Å². The Morgan fingerprint density at radius 2 is 2.04 bits per heavy atom. The maximum atomic E-state index is 12.3. The maximum absolute atomic E-state index is 12.3. The van der Waals surface area contributed by atoms with Gasteiger partial charge in [-0.2, -0.15) is 0 Å². The molecule has 2 saturated heterocycles. The predicted molar refractivity (Wildman–Crippen MR) is 94.3 cm³/mol. The standard InChI is InChI=1S/C18H28N4O3/c1-14(15-2-5-19-6-3-15)21-18(23)20-12-17(16-4-9-25-13-16)22-7-10-24-11-8-22/h2-3,5-6,14,16-17H,4,7-13H2,1H3,(H2,20,21,23)/t14-,16-,17+/m0/s1. The van der Waals surface area contributed by atoms with Gasteiger partial charge in [-0.1, -0.05) is 0 Å². The predicted octanol–water partition coefficient (Wildman–Crippen LogP) is 1.18. The summed E-state index contributed by atoms with van der Waals surface area (Å²) < 4.78 is 11.0. The van der Waals surface area contributed by atoms with E-state index in [2.05, 4.69) is 20.5 Å². The number of morpholine rings is 1. The van der Waals surface area contributed by atoms with Crippen LogP contribution in [0.4, 0.5) is 4.79 Å². The summed E-state index contributed by atoms with van der Waals surface area (Å²) in [6.07, 6.45) is 4.53. The van der Waals surface area contributed by atoms with Gasteiger partial charge in [-0.25, -0.2) is 4.79 Å². The van der Waals surface area contributed by atoms with E-state index in [0.29, 0.717) is 18.5 Å². The van der Waals surface area contributed by atoms with Crippen molar-refractivity contribution in [3.8, 4) is 0 Å². The highest BCUT2D eigenvalue weighted by Crippen LogP contribution is 2.22. The van der Waals surface area contributed by atoms with Crippen LogP contribution >= 0.6 is 0 Å². The minimum absolute atomic E-state index is 0.0559. The Morgan fingerprint density at radius 1 is 1.28 bits per heavy atom. The third kappa shape index (κ3) is 5.14. The van der Waals surface area contributed by atoms with Crippen molar-refractivity contribution in [3.05, 3.63) is 30.1 Å². The zero-order chi connectivity index (χ0) is 17.5. The van der Waals surface area contributed by atoms with Crippen molar-refractivity contribution in [2.75, 3.05) is 46.1 Å². The van der Waals surface area contributed by atoms with E-state index in [1.54, 1.807) is 12.4 Å². The normalized spacial score (nSPS) is 23.8. The van der Waals surface area contributed by atoms with Gasteiger partial charge in [0.2, 0.25) is 0 Å². The number of carbonyl (C=O) groups excluding carboxylic acids is 1. The van der Waals surface area contributed by atoms with Gasteiger partial charge in [-0.05, 0) is 31.0 Å². The van der Waals surface area contributed by atoms with Crippen molar-refractivity contribution in [2.45, 2.75) is 25.4 Å². The molecule has 2 N–H and O–H groups in total. The quantitative estimate of drug-likeness (QED) is 0.807. The minimum Gasteiger partial charge on any atom is -0.381 e. The molecule has 25 heavy (non-hydrogen) atoms. The maximum Gasteiger partial charge on any atom is 0.315 e. The molecule has 0 bridgehead atoms. The lowest BCUT2D eigenvalue weighted by Gasteiger charge is -2.37. The number of urea groups is 1. The molecule has 0 radical (unpaired) electrons. The number of ether oxygens (including phenoxy) is 2. The number of amides is 2. The summed E-state index contributed by atoms with van der Waals surface area (Å²) >= 11 is 0. The lowest BCUT2D eigenvalue weighted by Crippen LogP contribution is -2.53. The van der Waals surface area contributed by atoms with Gasteiger partial charge < -0.3 is 20.1 Å². The van der Waals surface area contributed by atoms with Crippen molar-refractivity contribution >= 4 is 6.03 Å². The van der Waals surface area contributed by atoms with E-state index in [9.17, 15) is 4.79 Å². The van der Waals surface area contributed by atoms with Gasteiger partial charge in [0.1, 0.15) is 0 Å². The molecule has 138 valence electrons. The molecule has 1 aromatic heterocycles. The van der Waals surface area contributed by atoms with Crippen molar-refractivity contribution in [2.24, 2.45) is 5.92 Å². The molecule has 0 aromatic carbocycles. The van der Waals surface area contributed by atoms with Crippen LogP contribution in [0.2, 0.25) is 0 Å². The average molecular weight is 348 g/mol. The summed E-state index contributed by atoms with van der Waals surface area (Å²) in [5.74, 6) is 0.469. The molecule has 0 saturated carbocycles. The number of hydrogen-bond donors (Lipinski definition) is 2. The Labute approximate surface area is 149 Å². The first-order chi connectivity index (χ1) is 12.2. The van der Waals surface area contributed by atoms with Crippen molar-refractivity contribution in [1.82, 2.24) is 20.5 Å². The zero-order valence-corrected chi connectivity index (χ0v) is 14.8. The minimum atomic E-state index is -0.138. The van der Waals surface area contributed by atoms with Gasteiger partial charge in [0, 0.05) is 50.6 Å². The van der Waals surface area contributed by atoms with Crippen LogP contribution in [-0.2, 0) is 9.47 Å². The largest absolute Gasteiger partial charge is 0.381 e. The highest BCUT2D eigenvalue weighted by atomic mass is 16.5. The molecule has 3 heterocycles. The Kier molecular flexibility index (Phi) is 6.61. The highest BCUT2D eigenvalue weighted by Gasteiger charge is 2.31. The average Bonchev–Trinajstić information content (AvgIpc) is 3.18. The second kappa shape index (κ2) is 9.12. The summed E-state index contributed by atoms with van der Waals surface area (Å²) in [6, 6.07) is 3.93. The third-order valence-electron chi connectivity index (χ3n) is 5.05. The van der Waals surface area contributed by atoms with Gasteiger partial charge in [0.05, 0.1) is 25.9 Å². The Bertz CT molecular complexity index is 530. The molecule has 7 heteroatoms. The van der Waals surface area contributed by atoms with Crippen LogP contribution < -0.4 is 10.6 Å². The Morgan fingerprint density at radius 3 is 2.72 bits per heavy atom. The zero-order valence-electron chi connectivity index (χ0n) is 14.8. The van der Waals surface area contributed by atoms with E-state index in [-0.39, 0.29) is 12.1 Å². The number of hydrogen-bond acceptors (Lipinski definition) is 5. The summed E-state index contributed by atoms with van der Waals surface area (Å²) in [6.45, 7) is 7.54. The molecule has 3 atom stereocenters. The van der Waals surface area contributed by atoms with E-state index in [1.165, 1.54) is 0 Å². The fourth-order valence-electron chi connectivity index (χ4n) is 3.54. The summed E-state index contributed by atoms with van der Waals surface area (Å²) in [5, 5.41) is 6.05. The molecule has 2 aliphatic heterocycles. The monoisotopic (exact) mass is 348 g/mol. The molecule has 1 aromatic rings. The van der Waals surface area contributed by atoms with Crippen molar-refractivity contribution < 1.29 is 14.3 Å². The second-order valence-corrected chi connectivity index (χ2v) is 6.70. The fraction of sp³-hybridized carbons (Fsp3) is 0.667.